The van der Waals surface area contributed by atoms with E-state index in [9.17, 15) is 5.11 Å². The largest absolute Gasteiger partial charge is 0.395 e. The van der Waals surface area contributed by atoms with Gasteiger partial charge in [-0.3, -0.25) is 0 Å². The Morgan fingerprint density at radius 2 is 1.80 bits per heavy atom. The molecule has 1 aromatic rings. The van der Waals surface area contributed by atoms with Crippen molar-refractivity contribution in [1.29, 1.82) is 0 Å². The number of aliphatic hydroxyl groups excluding tert-OH is 2. The van der Waals surface area contributed by atoms with Gasteiger partial charge in [0, 0.05) is 30.5 Å². The Morgan fingerprint density at radius 3 is 2.35 bits per heavy atom. The number of rotatable bonds is 6. The monoisotopic (exact) mass is 278 g/mol. The van der Waals surface area contributed by atoms with Crippen LogP contribution in [0.1, 0.15) is 32.6 Å². The molecule has 20 heavy (non-hydrogen) atoms. The van der Waals surface area contributed by atoms with E-state index in [1.165, 1.54) is 0 Å². The first kappa shape index (κ1) is 15.1. The zero-order valence-corrected chi connectivity index (χ0v) is 12.3. The van der Waals surface area contributed by atoms with Crippen LogP contribution in [0.15, 0.2) is 24.3 Å². The first-order chi connectivity index (χ1) is 9.72. The predicted octanol–water partition coefficient (Wildman–Crippen LogP) is 2.22. The van der Waals surface area contributed by atoms with Crippen molar-refractivity contribution < 1.29 is 10.2 Å². The van der Waals surface area contributed by atoms with E-state index in [1.54, 1.807) is 0 Å². The highest BCUT2D eigenvalue weighted by Gasteiger charge is 2.18. The molecule has 1 aliphatic carbocycles. The molecule has 1 fully saturated rings. The highest BCUT2D eigenvalue weighted by molar-refractivity contribution is 5.55. The molecule has 0 aromatic heterocycles. The maximum Gasteiger partial charge on any atom is 0.0606 e. The van der Waals surface area contributed by atoms with Crippen LogP contribution in [-0.4, -0.2) is 42.1 Å². The molecule has 1 aliphatic rings. The van der Waals surface area contributed by atoms with Crippen molar-refractivity contribution in [3.63, 3.8) is 0 Å². The summed E-state index contributed by atoms with van der Waals surface area (Å²) in [7, 11) is 0. The van der Waals surface area contributed by atoms with Gasteiger partial charge < -0.3 is 20.4 Å². The van der Waals surface area contributed by atoms with E-state index in [1.807, 2.05) is 0 Å². The SMILES string of the molecule is CCN(CCO)c1ccc(NC2CCC(O)CC2)cc1. The molecule has 0 radical (unpaired) electrons. The van der Waals surface area contributed by atoms with Crippen molar-refractivity contribution in [2.75, 3.05) is 29.9 Å². The van der Waals surface area contributed by atoms with E-state index in [-0.39, 0.29) is 12.7 Å². The number of benzene rings is 1. The van der Waals surface area contributed by atoms with Gasteiger partial charge in [-0.15, -0.1) is 0 Å². The third-order valence-corrected chi connectivity index (χ3v) is 4.05. The minimum atomic E-state index is -0.105. The van der Waals surface area contributed by atoms with Crippen molar-refractivity contribution in [1.82, 2.24) is 0 Å². The third kappa shape index (κ3) is 4.12. The van der Waals surface area contributed by atoms with Crippen LogP contribution in [0.5, 0.6) is 0 Å². The zero-order chi connectivity index (χ0) is 14.4. The molecule has 3 N–H and O–H groups in total. The highest BCUT2D eigenvalue weighted by atomic mass is 16.3. The van der Waals surface area contributed by atoms with Crippen LogP contribution in [0.3, 0.4) is 0 Å². The van der Waals surface area contributed by atoms with E-state index in [2.05, 4.69) is 41.4 Å². The number of aliphatic hydroxyl groups is 2. The predicted molar refractivity (Wildman–Crippen MR) is 83.3 cm³/mol. The van der Waals surface area contributed by atoms with Crippen LogP contribution < -0.4 is 10.2 Å². The Bertz CT molecular complexity index is 386. The summed E-state index contributed by atoms with van der Waals surface area (Å²) < 4.78 is 0. The van der Waals surface area contributed by atoms with Gasteiger partial charge >= 0.3 is 0 Å². The minimum Gasteiger partial charge on any atom is -0.395 e. The minimum absolute atomic E-state index is 0.105. The fourth-order valence-electron chi connectivity index (χ4n) is 2.81. The summed E-state index contributed by atoms with van der Waals surface area (Å²) in [6.07, 6.45) is 3.77. The van der Waals surface area contributed by atoms with E-state index < -0.39 is 0 Å². The lowest BCUT2D eigenvalue weighted by Crippen LogP contribution is -2.28. The molecular formula is C16H26N2O2. The first-order valence-corrected chi connectivity index (χ1v) is 7.63. The molecule has 1 saturated carbocycles. The first-order valence-electron chi connectivity index (χ1n) is 7.63. The van der Waals surface area contributed by atoms with Crippen molar-refractivity contribution in [2.24, 2.45) is 0 Å². The molecule has 0 unspecified atom stereocenters. The van der Waals surface area contributed by atoms with E-state index >= 15 is 0 Å². The summed E-state index contributed by atoms with van der Waals surface area (Å²) >= 11 is 0. The molecule has 0 saturated heterocycles. The van der Waals surface area contributed by atoms with Gasteiger partial charge in [0.2, 0.25) is 0 Å². The summed E-state index contributed by atoms with van der Waals surface area (Å²) in [4.78, 5) is 2.15. The molecule has 0 amide bonds. The van der Waals surface area contributed by atoms with Gasteiger partial charge in [-0.1, -0.05) is 0 Å². The Labute approximate surface area is 121 Å². The number of nitrogens with one attached hydrogen (secondary N) is 1. The lowest BCUT2D eigenvalue weighted by atomic mass is 9.93. The summed E-state index contributed by atoms with van der Waals surface area (Å²) in [5.74, 6) is 0. The quantitative estimate of drug-likeness (QED) is 0.747. The molecular weight excluding hydrogens is 252 g/mol. The molecule has 4 heteroatoms. The lowest BCUT2D eigenvalue weighted by molar-refractivity contribution is 0.126. The van der Waals surface area contributed by atoms with Crippen LogP contribution in [0, 0.1) is 0 Å². The average molecular weight is 278 g/mol. The van der Waals surface area contributed by atoms with Crippen LogP contribution >= 0.6 is 0 Å². The van der Waals surface area contributed by atoms with Gasteiger partial charge in [-0.05, 0) is 56.9 Å². The fourth-order valence-corrected chi connectivity index (χ4v) is 2.81. The molecule has 0 bridgehead atoms. The van der Waals surface area contributed by atoms with Crippen LogP contribution in [0.2, 0.25) is 0 Å². The van der Waals surface area contributed by atoms with Crippen LogP contribution in [0.4, 0.5) is 11.4 Å². The Hall–Kier alpha value is -1.26. The van der Waals surface area contributed by atoms with Crippen molar-refractivity contribution in [2.45, 2.75) is 44.8 Å². The number of anilines is 2. The molecule has 4 nitrogen and oxygen atoms in total. The van der Waals surface area contributed by atoms with Gasteiger partial charge in [-0.25, -0.2) is 0 Å². The molecule has 0 heterocycles. The Kier molecular flexibility index (Phi) is 5.68. The van der Waals surface area contributed by atoms with Gasteiger partial charge in [0.25, 0.3) is 0 Å². The van der Waals surface area contributed by atoms with Gasteiger partial charge in [-0.2, -0.15) is 0 Å². The van der Waals surface area contributed by atoms with E-state index in [0.717, 1.165) is 43.6 Å². The zero-order valence-electron chi connectivity index (χ0n) is 12.3. The maximum absolute atomic E-state index is 9.51. The Balaban J connectivity index is 1.91. The van der Waals surface area contributed by atoms with Crippen molar-refractivity contribution >= 4 is 11.4 Å². The topological polar surface area (TPSA) is 55.7 Å². The maximum atomic E-state index is 9.51. The van der Waals surface area contributed by atoms with Crippen molar-refractivity contribution in [3.8, 4) is 0 Å². The molecule has 0 aliphatic heterocycles. The van der Waals surface area contributed by atoms with Gasteiger partial charge in [0.1, 0.15) is 0 Å². The molecule has 1 aromatic carbocycles. The van der Waals surface area contributed by atoms with Gasteiger partial charge in [0.05, 0.1) is 12.7 Å². The van der Waals surface area contributed by atoms with E-state index in [0.29, 0.717) is 12.6 Å². The molecule has 0 spiro atoms. The number of likely N-dealkylation sites (N-methyl/N-ethyl adjacent to an activating group) is 1. The molecule has 112 valence electrons. The number of nitrogens with zero attached hydrogens (tertiary/aromatic N) is 1. The summed E-state index contributed by atoms with van der Waals surface area (Å²) in [6.45, 7) is 3.84. The van der Waals surface area contributed by atoms with Crippen LogP contribution in [0.25, 0.3) is 0 Å². The summed E-state index contributed by atoms with van der Waals surface area (Å²) in [6, 6.07) is 8.86. The number of hydrogen-bond donors (Lipinski definition) is 3. The third-order valence-electron chi connectivity index (χ3n) is 4.05. The average Bonchev–Trinajstić information content (AvgIpc) is 2.48. The second kappa shape index (κ2) is 7.50. The smallest absolute Gasteiger partial charge is 0.0606 e. The summed E-state index contributed by atoms with van der Waals surface area (Å²) in [5, 5.41) is 22.1. The normalized spacial score (nSPS) is 22.6. The lowest BCUT2D eigenvalue weighted by Gasteiger charge is -2.27. The van der Waals surface area contributed by atoms with E-state index in [4.69, 9.17) is 5.11 Å². The second-order valence-corrected chi connectivity index (χ2v) is 5.50. The molecule has 0 atom stereocenters. The fraction of sp³-hybridized carbons (Fsp3) is 0.625. The van der Waals surface area contributed by atoms with Crippen molar-refractivity contribution in [3.05, 3.63) is 24.3 Å². The number of hydrogen-bond acceptors (Lipinski definition) is 4. The summed E-state index contributed by atoms with van der Waals surface area (Å²) in [5.41, 5.74) is 2.28. The van der Waals surface area contributed by atoms with Crippen LogP contribution in [-0.2, 0) is 0 Å². The molecule has 2 rings (SSSR count). The highest BCUT2D eigenvalue weighted by Crippen LogP contribution is 2.23. The van der Waals surface area contributed by atoms with Gasteiger partial charge in [0.15, 0.2) is 0 Å². The Morgan fingerprint density at radius 1 is 1.15 bits per heavy atom. The second-order valence-electron chi connectivity index (χ2n) is 5.50. The standard InChI is InChI=1S/C16H26N2O2/c1-2-18(11-12-19)15-7-3-13(4-8-15)17-14-5-9-16(20)10-6-14/h3-4,7-8,14,16-17,19-20H,2,5-6,9-12H2,1H3.